The summed E-state index contributed by atoms with van der Waals surface area (Å²) in [4.78, 5) is 21.6. The van der Waals surface area contributed by atoms with E-state index in [1.165, 1.54) is 11.3 Å². The van der Waals surface area contributed by atoms with Gasteiger partial charge in [-0.25, -0.2) is 4.98 Å². The smallest absolute Gasteiger partial charge is 0.267 e. The van der Waals surface area contributed by atoms with E-state index in [-0.39, 0.29) is 5.91 Å². The van der Waals surface area contributed by atoms with Gasteiger partial charge in [-0.1, -0.05) is 11.3 Å². The molecular formula is C13H22N4OS2. The zero-order chi connectivity index (χ0) is 14.5. The molecule has 0 atom stereocenters. The number of anilines is 2. The molecule has 5 nitrogen and oxygen atoms in total. The highest BCUT2D eigenvalue weighted by Gasteiger charge is 2.24. The van der Waals surface area contributed by atoms with E-state index >= 15 is 0 Å². The number of thioether (sulfide) groups is 1. The third kappa shape index (κ3) is 3.38. The Morgan fingerprint density at radius 1 is 1.35 bits per heavy atom. The summed E-state index contributed by atoms with van der Waals surface area (Å²) in [5, 5.41) is 0.847. The molecule has 1 aliphatic heterocycles. The van der Waals surface area contributed by atoms with Crippen molar-refractivity contribution in [3.05, 3.63) is 4.88 Å². The lowest BCUT2D eigenvalue weighted by atomic mass is 10.3. The van der Waals surface area contributed by atoms with Crippen molar-refractivity contribution in [1.82, 2.24) is 9.88 Å². The highest BCUT2D eigenvalue weighted by atomic mass is 32.2. The topological polar surface area (TPSA) is 62.5 Å². The largest absolute Gasteiger partial charge is 0.382 e. The predicted octanol–water partition coefficient (Wildman–Crippen LogP) is 2.15. The predicted molar refractivity (Wildman–Crippen MR) is 87.9 cm³/mol. The summed E-state index contributed by atoms with van der Waals surface area (Å²) in [6.07, 6.45) is 1.05. The van der Waals surface area contributed by atoms with Crippen molar-refractivity contribution < 1.29 is 4.79 Å². The number of amides is 1. The van der Waals surface area contributed by atoms with E-state index in [1.807, 2.05) is 16.7 Å². The number of rotatable bonds is 4. The van der Waals surface area contributed by atoms with Crippen LogP contribution in [0.1, 0.15) is 29.9 Å². The van der Waals surface area contributed by atoms with Crippen LogP contribution in [-0.4, -0.2) is 53.5 Å². The van der Waals surface area contributed by atoms with Crippen molar-refractivity contribution in [2.24, 2.45) is 0 Å². The molecule has 2 N–H and O–H groups in total. The number of hydrogen-bond acceptors (Lipinski definition) is 6. The Morgan fingerprint density at radius 2 is 2.10 bits per heavy atom. The van der Waals surface area contributed by atoms with Crippen molar-refractivity contribution in [1.29, 1.82) is 0 Å². The summed E-state index contributed by atoms with van der Waals surface area (Å²) >= 11 is 3.33. The fourth-order valence-electron chi connectivity index (χ4n) is 2.20. The number of carbonyl (C=O) groups is 1. The van der Waals surface area contributed by atoms with Crippen molar-refractivity contribution in [2.75, 3.05) is 48.3 Å². The maximum Gasteiger partial charge on any atom is 0.267 e. The van der Waals surface area contributed by atoms with Gasteiger partial charge in [0.15, 0.2) is 5.13 Å². The molecule has 0 aliphatic carbocycles. The molecule has 1 aliphatic rings. The SMILES string of the molecule is CCN(CC)c1nc(N)c(C(=O)N2CCCSCC2)s1. The van der Waals surface area contributed by atoms with Gasteiger partial charge < -0.3 is 15.5 Å². The lowest BCUT2D eigenvalue weighted by Crippen LogP contribution is -2.32. The van der Waals surface area contributed by atoms with Gasteiger partial charge in [-0.3, -0.25) is 4.79 Å². The van der Waals surface area contributed by atoms with Gasteiger partial charge in [0.1, 0.15) is 10.7 Å². The van der Waals surface area contributed by atoms with Gasteiger partial charge >= 0.3 is 0 Å². The van der Waals surface area contributed by atoms with Crippen LogP contribution in [0, 0.1) is 0 Å². The Balaban J connectivity index is 2.16. The Hall–Kier alpha value is -0.950. The van der Waals surface area contributed by atoms with Crippen LogP contribution >= 0.6 is 23.1 Å². The molecule has 0 saturated carbocycles. The molecule has 1 aromatic heterocycles. The fourth-order valence-corrected chi connectivity index (χ4v) is 4.16. The van der Waals surface area contributed by atoms with Gasteiger partial charge in [-0.05, 0) is 26.0 Å². The highest BCUT2D eigenvalue weighted by molar-refractivity contribution is 7.99. The van der Waals surface area contributed by atoms with E-state index in [0.29, 0.717) is 10.7 Å². The normalized spacial score (nSPS) is 16.0. The van der Waals surface area contributed by atoms with Crippen LogP contribution in [0.2, 0.25) is 0 Å². The molecule has 2 rings (SSSR count). The van der Waals surface area contributed by atoms with Gasteiger partial charge in [0.2, 0.25) is 0 Å². The van der Waals surface area contributed by atoms with Crippen molar-refractivity contribution in [3.8, 4) is 0 Å². The average Bonchev–Trinajstić information content (AvgIpc) is 2.68. The molecule has 20 heavy (non-hydrogen) atoms. The molecule has 0 aromatic carbocycles. The number of aromatic nitrogens is 1. The van der Waals surface area contributed by atoms with Gasteiger partial charge in [0.25, 0.3) is 5.91 Å². The average molecular weight is 314 g/mol. The van der Waals surface area contributed by atoms with Gasteiger partial charge in [-0.2, -0.15) is 11.8 Å². The summed E-state index contributed by atoms with van der Waals surface area (Å²) in [6, 6.07) is 0. The highest BCUT2D eigenvalue weighted by Crippen LogP contribution is 2.29. The monoisotopic (exact) mass is 314 g/mol. The second-order valence-electron chi connectivity index (χ2n) is 4.64. The van der Waals surface area contributed by atoms with Crippen LogP contribution in [0.25, 0.3) is 0 Å². The molecule has 1 saturated heterocycles. The van der Waals surface area contributed by atoms with Crippen molar-refractivity contribution in [2.45, 2.75) is 20.3 Å². The van der Waals surface area contributed by atoms with Crippen molar-refractivity contribution >= 4 is 40.0 Å². The summed E-state index contributed by atoms with van der Waals surface area (Å²) in [5.41, 5.74) is 5.96. The van der Waals surface area contributed by atoms with Crippen LogP contribution in [0.4, 0.5) is 10.9 Å². The molecular weight excluding hydrogens is 292 g/mol. The van der Waals surface area contributed by atoms with Crippen LogP contribution in [0.5, 0.6) is 0 Å². The Bertz CT molecular complexity index is 451. The standard InChI is InChI=1S/C13H22N4OS2/c1-3-16(4-2)13-15-11(14)10(20-13)12(18)17-6-5-8-19-9-7-17/h3-9,14H2,1-2H3. The lowest BCUT2D eigenvalue weighted by molar-refractivity contribution is 0.0774. The fraction of sp³-hybridized carbons (Fsp3) is 0.692. The maximum absolute atomic E-state index is 12.6. The molecule has 1 amide bonds. The van der Waals surface area contributed by atoms with Crippen LogP contribution < -0.4 is 10.6 Å². The molecule has 0 unspecified atom stereocenters. The minimum atomic E-state index is 0.0425. The van der Waals surface area contributed by atoms with Gasteiger partial charge in [0, 0.05) is 31.9 Å². The zero-order valence-corrected chi connectivity index (χ0v) is 13.7. The van der Waals surface area contributed by atoms with Crippen LogP contribution in [0.3, 0.4) is 0 Å². The third-order valence-electron chi connectivity index (χ3n) is 3.38. The van der Waals surface area contributed by atoms with E-state index in [9.17, 15) is 4.79 Å². The van der Waals surface area contributed by atoms with E-state index < -0.39 is 0 Å². The summed E-state index contributed by atoms with van der Waals surface area (Å²) < 4.78 is 0. The lowest BCUT2D eigenvalue weighted by Gasteiger charge is -2.19. The third-order valence-corrected chi connectivity index (χ3v) is 5.55. The van der Waals surface area contributed by atoms with Crippen molar-refractivity contribution in [3.63, 3.8) is 0 Å². The first-order valence-electron chi connectivity index (χ1n) is 7.05. The molecule has 2 heterocycles. The summed E-state index contributed by atoms with van der Waals surface area (Å²) in [6.45, 7) is 7.53. The Kier molecular flexibility index (Phi) is 5.54. The van der Waals surface area contributed by atoms with Crippen LogP contribution in [-0.2, 0) is 0 Å². The molecule has 0 spiro atoms. The molecule has 1 fully saturated rings. The number of nitrogen functional groups attached to an aromatic ring is 1. The first-order valence-corrected chi connectivity index (χ1v) is 9.02. The summed E-state index contributed by atoms with van der Waals surface area (Å²) in [5.74, 6) is 2.56. The van der Waals surface area contributed by atoms with Gasteiger partial charge in [-0.15, -0.1) is 0 Å². The maximum atomic E-state index is 12.6. The zero-order valence-electron chi connectivity index (χ0n) is 12.1. The van der Waals surface area contributed by atoms with E-state index in [0.717, 1.165) is 49.2 Å². The molecule has 0 radical (unpaired) electrons. The Morgan fingerprint density at radius 3 is 2.80 bits per heavy atom. The van der Waals surface area contributed by atoms with E-state index in [2.05, 4.69) is 23.7 Å². The molecule has 112 valence electrons. The second-order valence-corrected chi connectivity index (χ2v) is 6.84. The van der Waals surface area contributed by atoms with E-state index in [4.69, 9.17) is 5.73 Å². The second kappa shape index (κ2) is 7.17. The minimum absolute atomic E-state index is 0.0425. The van der Waals surface area contributed by atoms with E-state index in [1.54, 1.807) is 0 Å². The van der Waals surface area contributed by atoms with Gasteiger partial charge in [0.05, 0.1) is 0 Å². The molecule has 1 aromatic rings. The quantitative estimate of drug-likeness (QED) is 0.922. The molecule has 0 bridgehead atoms. The molecule has 7 heteroatoms. The van der Waals surface area contributed by atoms with Crippen LogP contribution in [0.15, 0.2) is 0 Å². The number of nitrogens with two attached hydrogens (primary N) is 1. The summed E-state index contributed by atoms with van der Waals surface area (Å²) in [7, 11) is 0. The number of nitrogens with zero attached hydrogens (tertiary/aromatic N) is 3. The number of thiazole rings is 1. The minimum Gasteiger partial charge on any atom is -0.382 e. The first kappa shape index (κ1) is 15.4. The number of hydrogen-bond donors (Lipinski definition) is 1. The Labute approximate surface area is 128 Å². The number of carbonyl (C=O) groups excluding carboxylic acids is 1. The first-order chi connectivity index (χ1) is 9.67.